The number of hydrogen-bond acceptors (Lipinski definition) is 3. The Morgan fingerprint density at radius 3 is 2.61 bits per heavy atom. The molecule has 1 aromatic rings. The van der Waals surface area contributed by atoms with Gasteiger partial charge >= 0.3 is 11.8 Å². The van der Waals surface area contributed by atoms with Gasteiger partial charge in [-0.3, -0.25) is 9.59 Å². The fourth-order valence-corrected chi connectivity index (χ4v) is 2.91. The van der Waals surface area contributed by atoms with Gasteiger partial charge < -0.3 is 15.7 Å². The van der Waals surface area contributed by atoms with Crippen LogP contribution in [-0.4, -0.2) is 29.6 Å². The molecule has 1 saturated carbocycles. The molecular formula is C16H20ClFN2O3. The number of hydrogen-bond donors (Lipinski definition) is 3. The summed E-state index contributed by atoms with van der Waals surface area (Å²) in [5.41, 5.74) is 0.226. The minimum Gasteiger partial charge on any atom is -0.391 e. The molecule has 1 aliphatic carbocycles. The second kappa shape index (κ2) is 8.26. The topological polar surface area (TPSA) is 78.4 Å². The van der Waals surface area contributed by atoms with Crippen LogP contribution in [0.2, 0.25) is 5.02 Å². The average molecular weight is 343 g/mol. The van der Waals surface area contributed by atoms with E-state index in [4.69, 9.17) is 11.6 Å². The Kier molecular flexibility index (Phi) is 6.36. The Bertz CT molecular complexity index is 576. The number of benzene rings is 1. The molecule has 0 aromatic heterocycles. The van der Waals surface area contributed by atoms with Crippen molar-refractivity contribution in [2.75, 3.05) is 11.9 Å². The molecule has 2 rings (SSSR count). The minimum atomic E-state index is -0.886. The summed E-state index contributed by atoms with van der Waals surface area (Å²) in [5.74, 6) is -2.17. The summed E-state index contributed by atoms with van der Waals surface area (Å²) in [4.78, 5) is 23.5. The van der Waals surface area contributed by atoms with Crippen molar-refractivity contribution in [1.82, 2.24) is 5.32 Å². The van der Waals surface area contributed by atoms with Crippen molar-refractivity contribution in [1.29, 1.82) is 0 Å². The summed E-state index contributed by atoms with van der Waals surface area (Å²) in [6.45, 7) is 0.0428. The number of carbonyl (C=O) groups excluding carboxylic acids is 2. The Morgan fingerprint density at radius 2 is 1.96 bits per heavy atom. The lowest BCUT2D eigenvalue weighted by molar-refractivity contribution is -0.136. The van der Waals surface area contributed by atoms with Crippen molar-refractivity contribution in [2.45, 2.75) is 38.2 Å². The van der Waals surface area contributed by atoms with Crippen LogP contribution in [0.25, 0.3) is 0 Å². The molecule has 126 valence electrons. The number of anilines is 1. The highest BCUT2D eigenvalue weighted by molar-refractivity contribution is 6.39. The monoisotopic (exact) mass is 342 g/mol. The smallest absolute Gasteiger partial charge is 0.313 e. The fourth-order valence-electron chi connectivity index (χ4n) is 2.72. The van der Waals surface area contributed by atoms with Crippen molar-refractivity contribution >= 4 is 29.1 Å². The third-order valence-corrected chi connectivity index (χ3v) is 4.34. The van der Waals surface area contributed by atoms with Gasteiger partial charge in [0, 0.05) is 12.2 Å². The lowest BCUT2D eigenvalue weighted by Crippen LogP contribution is -2.42. The van der Waals surface area contributed by atoms with Crippen LogP contribution < -0.4 is 10.6 Å². The molecule has 0 saturated heterocycles. The summed E-state index contributed by atoms with van der Waals surface area (Å²) in [6, 6.07) is 3.63. The van der Waals surface area contributed by atoms with Crippen LogP contribution in [0, 0.1) is 11.7 Å². The molecule has 0 heterocycles. The SMILES string of the molecule is O=C(NCC(O)C1CCCCC1)C(=O)Nc1ccc(F)c(Cl)c1. The largest absolute Gasteiger partial charge is 0.391 e. The number of rotatable bonds is 4. The van der Waals surface area contributed by atoms with E-state index in [0.29, 0.717) is 0 Å². The highest BCUT2D eigenvalue weighted by Gasteiger charge is 2.23. The lowest BCUT2D eigenvalue weighted by atomic mass is 9.85. The van der Waals surface area contributed by atoms with Gasteiger partial charge in [-0.2, -0.15) is 0 Å². The zero-order valence-corrected chi connectivity index (χ0v) is 13.4. The molecule has 23 heavy (non-hydrogen) atoms. The van der Waals surface area contributed by atoms with Gasteiger partial charge in [0.2, 0.25) is 0 Å². The molecule has 7 heteroatoms. The van der Waals surface area contributed by atoms with E-state index in [0.717, 1.165) is 31.7 Å². The van der Waals surface area contributed by atoms with E-state index >= 15 is 0 Å². The first kappa shape index (κ1) is 17.7. The Hall–Kier alpha value is -1.66. The molecule has 0 aliphatic heterocycles. The van der Waals surface area contributed by atoms with Crippen LogP contribution in [0.3, 0.4) is 0 Å². The van der Waals surface area contributed by atoms with E-state index in [9.17, 15) is 19.1 Å². The zero-order chi connectivity index (χ0) is 16.8. The first-order valence-electron chi connectivity index (χ1n) is 7.69. The molecule has 1 aliphatic rings. The minimum absolute atomic E-state index is 0.0428. The van der Waals surface area contributed by atoms with Gasteiger partial charge in [0.25, 0.3) is 0 Å². The van der Waals surface area contributed by atoms with Gasteiger partial charge in [0.15, 0.2) is 0 Å². The molecule has 5 nitrogen and oxygen atoms in total. The van der Waals surface area contributed by atoms with E-state index in [1.165, 1.54) is 18.6 Å². The number of nitrogens with one attached hydrogen (secondary N) is 2. The van der Waals surface area contributed by atoms with Crippen molar-refractivity contribution in [3.63, 3.8) is 0 Å². The van der Waals surface area contributed by atoms with Gasteiger partial charge in [-0.1, -0.05) is 30.9 Å². The van der Waals surface area contributed by atoms with E-state index in [1.807, 2.05) is 0 Å². The quantitative estimate of drug-likeness (QED) is 0.735. The first-order valence-corrected chi connectivity index (χ1v) is 8.07. The van der Waals surface area contributed by atoms with Crippen molar-refractivity contribution in [3.8, 4) is 0 Å². The lowest BCUT2D eigenvalue weighted by Gasteiger charge is -2.26. The van der Waals surface area contributed by atoms with Gasteiger partial charge in [-0.05, 0) is 37.0 Å². The van der Waals surface area contributed by atoms with E-state index in [2.05, 4.69) is 10.6 Å². The third-order valence-electron chi connectivity index (χ3n) is 4.05. The Balaban J connectivity index is 1.80. The standard InChI is InChI=1S/C16H20ClFN2O3/c17-12-8-11(6-7-13(12)18)20-16(23)15(22)19-9-14(21)10-4-2-1-3-5-10/h6-8,10,14,21H,1-5,9H2,(H,19,22)(H,20,23). The maximum Gasteiger partial charge on any atom is 0.313 e. The van der Waals surface area contributed by atoms with Crippen LogP contribution in [-0.2, 0) is 9.59 Å². The van der Waals surface area contributed by atoms with Crippen LogP contribution in [0.4, 0.5) is 10.1 Å². The zero-order valence-electron chi connectivity index (χ0n) is 12.6. The number of amides is 2. The molecule has 3 N–H and O–H groups in total. The number of aliphatic hydroxyl groups is 1. The predicted molar refractivity (Wildman–Crippen MR) is 85.6 cm³/mol. The first-order chi connectivity index (χ1) is 11.0. The molecule has 0 radical (unpaired) electrons. The molecule has 1 fully saturated rings. The fraction of sp³-hybridized carbons (Fsp3) is 0.500. The molecule has 0 spiro atoms. The average Bonchev–Trinajstić information content (AvgIpc) is 2.56. The van der Waals surface area contributed by atoms with Crippen LogP contribution in [0.15, 0.2) is 18.2 Å². The second-order valence-electron chi connectivity index (χ2n) is 5.76. The van der Waals surface area contributed by atoms with Crippen molar-refractivity contribution < 1.29 is 19.1 Å². The molecular weight excluding hydrogens is 323 g/mol. The second-order valence-corrected chi connectivity index (χ2v) is 6.17. The summed E-state index contributed by atoms with van der Waals surface area (Å²) in [5, 5.41) is 14.7. The summed E-state index contributed by atoms with van der Waals surface area (Å²) < 4.78 is 13.0. The maximum absolute atomic E-state index is 13.0. The predicted octanol–water partition coefficient (Wildman–Crippen LogP) is 2.47. The van der Waals surface area contributed by atoms with Crippen molar-refractivity contribution in [3.05, 3.63) is 29.0 Å². The van der Waals surface area contributed by atoms with E-state index < -0.39 is 23.7 Å². The normalized spacial score (nSPS) is 16.7. The van der Waals surface area contributed by atoms with Gasteiger partial charge in [0.1, 0.15) is 5.82 Å². The van der Waals surface area contributed by atoms with E-state index in [1.54, 1.807) is 0 Å². The highest BCUT2D eigenvalue weighted by atomic mass is 35.5. The summed E-state index contributed by atoms with van der Waals surface area (Å²) in [6.07, 6.45) is 4.59. The van der Waals surface area contributed by atoms with Crippen LogP contribution in [0.1, 0.15) is 32.1 Å². The Morgan fingerprint density at radius 1 is 1.26 bits per heavy atom. The van der Waals surface area contributed by atoms with Crippen LogP contribution in [0.5, 0.6) is 0 Å². The van der Waals surface area contributed by atoms with Gasteiger partial charge in [0.05, 0.1) is 11.1 Å². The molecule has 1 atom stereocenters. The molecule has 0 bridgehead atoms. The summed E-state index contributed by atoms with van der Waals surface area (Å²) in [7, 11) is 0. The van der Waals surface area contributed by atoms with Crippen molar-refractivity contribution in [2.24, 2.45) is 5.92 Å². The highest BCUT2D eigenvalue weighted by Crippen LogP contribution is 2.26. The van der Waals surface area contributed by atoms with E-state index in [-0.39, 0.29) is 23.2 Å². The number of carbonyl (C=O) groups is 2. The van der Waals surface area contributed by atoms with Gasteiger partial charge in [-0.15, -0.1) is 0 Å². The summed E-state index contributed by atoms with van der Waals surface area (Å²) >= 11 is 5.61. The maximum atomic E-state index is 13.0. The van der Waals surface area contributed by atoms with Crippen LogP contribution >= 0.6 is 11.6 Å². The van der Waals surface area contributed by atoms with Gasteiger partial charge in [-0.25, -0.2) is 4.39 Å². The third kappa shape index (κ3) is 5.18. The molecule has 1 unspecified atom stereocenters. The number of aliphatic hydroxyl groups excluding tert-OH is 1. The number of halogens is 2. The molecule has 2 amide bonds. The Labute approximate surface area is 139 Å². The molecule has 1 aromatic carbocycles.